The normalized spacial score (nSPS) is 16.2. The number of hydrogen-bond acceptors (Lipinski definition) is 3. The van der Waals surface area contributed by atoms with Crippen LogP contribution < -0.4 is 11.5 Å². The van der Waals surface area contributed by atoms with E-state index in [1.54, 1.807) is 24.3 Å². The van der Waals surface area contributed by atoms with E-state index in [2.05, 4.69) is 0 Å². The van der Waals surface area contributed by atoms with Crippen LogP contribution in [0.25, 0.3) is 0 Å². The molecule has 0 saturated heterocycles. The zero-order chi connectivity index (χ0) is 12.9. The summed E-state index contributed by atoms with van der Waals surface area (Å²) in [6.07, 6.45) is 1.48. The molecular formula is C13H20N2O2. The highest BCUT2D eigenvalue weighted by Crippen LogP contribution is 2.30. The number of hydrogen-bond donors (Lipinski definition) is 3. The van der Waals surface area contributed by atoms with Gasteiger partial charge in [-0.25, -0.2) is 4.79 Å². The fourth-order valence-electron chi connectivity index (χ4n) is 1.98. The number of benzene rings is 1. The van der Waals surface area contributed by atoms with E-state index in [1.165, 1.54) is 0 Å². The van der Waals surface area contributed by atoms with Crippen LogP contribution in [0.2, 0.25) is 0 Å². The van der Waals surface area contributed by atoms with Crippen LogP contribution in [0.4, 0.5) is 0 Å². The fraction of sp³-hybridized carbons (Fsp3) is 0.462. The van der Waals surface area contributed by atoms with Crippen molar-refractivity contribution < 1.29 is 9.90 Å². The van der Waals surface area contributed by atoms with Gasteiger partial charge in [-0.2, -0.15) is 0 Å². The first kappa shape index (κ1) is 13.7. The van der Waals surface area contributed by atoms with Gasteiger partial charge in [0.25, 0.3) is 0 Å². The summed E-state index contributed by atoms with van der Waals surface area (Å²) < 4.78 is 0. The van der Waals surface area contributed by atoms with E-state index >= 15 is 0 Å². The summed E-state index contributed by atoms with van der Waals surface area (Å²) >= 11 is 0. The Morgan fingerprint density at radius 2 is 2.00 bits per heavy atom. The maximum Gasteiger partial charge on any atom is 0.328 e. The molecule has 0 heterocycles. The van der Waals surface area contributed by atoms with E-state index in [9.17, 15) is 9.90 Å². The van der Waals surface area contributed by atoms with Crippen LogP contribution in [0, 0.1) is 5.92 Å². The van der Waals surface area contributed by atoms with Crippen LogP contribution in [0.15, 0.2) is 30.3 Å². The second-order valence-electron chi connectivity index (χ2n) is 4.37. The van der Waals surface area contributed by atoms with Gasteiger partial charge >= 0.3 is 5.97 Å². The standard InChI is InChI=1S/C13H20N2O2/c1-10(6-5-9-14)13(15,12(16)17)11-7-3-2-4-8-11/h2-4,7-8,10H,5-6,9,14-15H2,1H3,(H,16,17)/t10?,13-/m1/s1. The van der Waals surface area contributed by atoms with Gasteiger partial charge in [0.2, 0.25) is 0 Å². The van der Waals surface area contributed by atoms with Gasteiger partial charge in [0.1, 0.15) is 5.54 Å². The predicted octanol–water partition coefficient (Wildman–Crippen LogP) is 1.30. The number of carbonyl (C=O) groups is 1. The third kappa shape index (κ3) is 2.84. The molecule has 0 bridgehead atoms. The van der Waals surface area contributed by atoms with Gasteiger partial charge in [-0.15, -0.1) is 0 Å². The van der Waals surface area contributed by atoms with Crippen molar-refractivity contribution in [3.05, 3.63) is 35.9 Å². The molecule has 1 unspecified atom stereocenters. The van der Waals surface area contributed by atoms with Gasteiger partial charge in [-0.1, -0.05) is 37.3 Å². The lowest BCUT2D eigenvalue weighted by Gasteiger charge is -2.31. The van der Waals surface area contributed by atoms with Crippen molar-refractivity contribution in [3.63, 3.8) is 0 Å². The van der Waals surface area contributed by atoms with Crippen molar-refractivity contribution in [2.24, 2.45) is 17.4 Å². The first-order chi connectivity index (χ1) is 8.03. The van der Waals surface area contributed by atoms with Crippen LogP contribution in [-0.2, 0) is 10.3 Å². The molecule has 1 aromatic rings. The molecule has 94 valence electrons. The minimum absolute atomic E-state index is 0.161. The van der Waals surface area contributed by atoms with Crippen molar-refractivity contribution in [1.82, 2.24) is 0 Å². The summed E-state index contributed by atoms with van der Waals surface area (Å²) in [5.74, 6) is -1.15. The van der Waals surface area contributed by atoms with Crippen molar-refractivity contribution in [2.75, 3.05) is 6.54 Å². The number of rotatable bonds is 6. The summed E-state index contributed by atoms with van der Waals surface area (Å²) in [6, 6.07) is 8.96. The first-order valence-corrected chi connectivity index (χ1v) is 5.81. The highest BCUT2D eigenvalue weighted by Gasteiger charge is 2.40. The average molecular weight is 236 g/mol. The summed E-state index contributed by atoms with van der Waals surface area (Å²) in [5.41, 5.74) is 10.9. The van der Waals surface area contributed by atoms with E-state index in [1.807, 2.05) is 13.0 Å². The Hall–Kier alpha value is -1.39. The third-order valence-corrected chi connectivity index (χ3v) is 3.22. The number of aliphatic carboxylic acids is 1. The molecule has 2 atom stereocenters. The van der Waals surface area contributed by atoms with Crippen LogP contribution in [0.1, 0.15) is 25.3 Å². The number of carboxylic acids is 1. The maximum absolute atomic E-state index is 11.5. The van der Waals surface area contributed by atoms with Gasteiger partial charge < -0.3 is 16.6 Å². The smallest absolute Gasteiger partial charge is 0.328 e. The Labute approximate surface area is 102 Å². The lowest BCUT2D eigenvalue weighted by molar-refractivity contribution is -0.146. The summed E-state index contributed by atoms with van der Waals surface area (Å²) in [5, 5.41) is 9.40. The minimum atomic E-state index is -1.34. The molecule has 17 heavy (non-hydrogen) atoms. The number of nitrogens with two attached hydrogens (primary N) is 2. The monoisotopic (exact) mass is 236 g/mol. The Bertz CT molecular complexity index is 367. The van der Waals surface area contributed by atoms with Crippen LogP contribution in [0.5, 0.6) is 0 Å². The largest absolute Gasteiger partial charge is 0.480 e. The second kappa shape index (κ2) is 5.80. The van der Waals surface area contributed by atoms with E-state index in [4.69, 9.17) is 11.5 Å². The lowest BCUT2D eigenvalue weighted by Crippen LogP contribution is -2.50. The fourth-order valence-corrected chi connectivity index (χ4v) is 1.98. The zero-order valence-electron chi connectivity index (χ0n) is 10.1. The molecule has 5 N–H and O–H groups in total. The van der Waals surface area contributed by atoms with Crippen molar-refractivity contribution in [3.8, 4) is 0 Å². The van der Waals surface area contributed by atoms with E-state index in [0.717, 1.165) is 6.42 Å². The van der Waals surface area contributed by atoms with Gasteiger partial charge in [-0.05, 0) is 30.9 Å². The van der Waals surface area contributed by atoms with E-state index < -0.39 is 11.5 Å². The van der Waals surface area contributed by atoms with Crippen LogP contribution in [-0.4, -0.2) is 17.6 Å². The topological polar surface area (TPSA) is 89.3 Å². The third-order valence-electron chi connectivity index (χ3n) is 3.22. The van der Waals surface area contributed by atoms with Crippen LogP contribution in [0.3, 0.4) is 0 Å². The second-order valence-corrected chi connectivity index (χ2v) is 4.37. The Balaban J connectivity index is 3.01. The summed E-state index contributed by atoms with van der Waals surface area (Å²) in [4.78, 5) is 11.5. The molecule has 0 aromatic heterocycles. The average Bonchev–Trinajstić information content (AvgIpc) is 2.35. The van der Waals surface area contributed by atoms with Gasteiger partial charge in [0.15, 0.2) is 0 Å². The van der Waals surface area contributed by atoms with Gasteiger partial charge in [0.05, 0.1) is 0 Å². The minimum Gasteiger partial charge on any atom is -0.480 e. The molecular weight excluding hydrogens is 216 g/mol. The van der Waals surface area contributed by atoms with E-state index in [-0.39, 0.29) is 5.92 Å². The predicted molar refractivity (Wildman–Crippen MR) is 67.4 cm³/mol. The molecule has 4 heteroatoms. The Morgan fingerprint density at radius 1 is 1.41 bits per heavy atom. The SMILES string of the molecule is CC(CCCN)[C@](N)(C(=O)O)c1ccccc1. The molecule has 0 saturated carbocycles. The Kier molecular flexibility index (Phi) is 4.66. The summed E-state index contributed by atoms with van der Waals surface area (Å²) in [6.45, 7) is 2.41. The van der Waals surface area contributed by atoms with Gasteiger partial charge in [0, 0.05) is 0 Å². The molecule has 4 nitrogen and oxygen atoms in total. The molecule has 0 amide bonds. The van der Waals surface area contributed by atoms with E-state index in [0.29, 0.717) is 18.5 Å². The molecule has 0 spiro atoms. The molecule has 0 radical (unpaired) electrons. The zero-order valence-corrected chi connectivity index (χ0v) is 10.1. The van der Waals surface area contributed by atoms with Crippen molar-refractivity contribution >= 4 is 5.97 Å². The quantitative estimate of drug-likeness (QED) is 0.694. The molecule has 0 aliphatic rings. The molecule has 0 aliphatic heterocycles. The Morgan fingerprint density at radius 3 is 2.47 bits per heavy atom. The molecule has 1 rings (SSSR count). The molecule has 0 fully saturated rings. The lowest BCUT2D eigenvalue weighted by atomic mass is 9.77. The highest BCUT2D eigenvalue weighted by atomic mass is 16.4. The molecule has 1 aromatic carbocycles. The van der Waals surface area contributed by atoms with Gasteiger partial charge in [-0.3, -0.25) is 0 Å². The van der Waals surface area contributed by atoms with Crippen molar-refractivity contribution in [1.29, 1.82) is 0 Å². The maximum atomic E-state index is 11.5. The number of carboxylic acid groups (broad SMARTS) is 1. The summed E-state index contributed by atoms with van der Waals surface area (Å²) in [7, 11) is 0. The van der Waals surface area contributed by atoms with Crippen LogP contribution >= 0.6 is 0 Å². The highest BCUT2D eigenvalue weighted by molar-refractivity contribution is 5.80. The first-order valence-electron chi connectivity index (χ1n) is 5.81. The van der Waals surface area contributed by atoms with Crippen molar-refractivity contribution in [2.45, 2.75) is 25.3 Å². The molecule has 0 aliphatic carbocycles.